The van der Waals surface area contributed by atoms with E-state index in [2.05, 4.69) is 79.3 Å². The standard InChI is InChI=1S/C21H28/c1-13-9-19(10-14(2)17(13)5)21(7,8)20-11-15(3)18(6)16(4)12-20/h9-12,17H,1H2,2-8H3. The molecule has 0 bridgehead atoms. The predicted octanol–water partition coefficient (Wildman–Crippen LogP) is 5.97. The van der Waals surface area contributed by atoms with Crippen LogP contribution in [0.25, 0.3) is 0 Å². The first-order chi connectivity index (χ1) is 9.64. The minimum absolute atomic E-state index is 0.00750. The van der Waals surface area contributed by atoms with Gasteiger partial charge in [0.25, 0.3) is 0 Å². The zero-order valence-corrected chi connectivity index (χ0v) is 14.6. The average Bonchev–Trinajstić information content (AvgIpc) is 2.40. The van der Waals surface area contributed by atoms with Crippen molar-refractivity contribution in [3.05, 3.63) is 69.8 Å². The summed E-state index contributed by atoms with van der Waals surface area (Å²) in [6, 6.07) is 4.68. The molecule has 0 heteroatoms. The zero-order chi connectivity index (χ0) is 15.9. The molecule has 0 aromatic heterocycles. The second kappa shape index (κ2) is 5.33. The highest BCUT2D eigenvalue weighted by Crippen LogP contribution is 2.39. The van der Waals surface area contributed by atoms with Crippen molar-refractivity contribution in [3.8, 4) is 0 Å². The predicted molar refractivity (Wildman–Crippen MR) is 93.8 cm³/mol. The van der Waals surface area contributed by atoms with E-state index in [9.17, 15) is 0 Å². The molecule has 1 atom stereocenters. The van der Waals surface area contributed by atoms with Gasteiger partial charge in [0.2, 0.25) is 0 Å². The van der Waals surface area contributed by atoms with Gasteiger partial charge in [-0.3, -0.25) is 0 Å². The Balaban J connectivity index is 2.53. The van der Waals surface area contributed by atoms with Crippen molar-refractivity contribution in [2.45, 2.75) is 53.9 Å². The van der Waals surface area contributed by atoms with Gasteiger partial charge < -0.3 is 0 Å². The third-order valence-corrected chi connectivity index (χ3v) is 5.33. The van der Waals surface area contributed by atoms with Gasteiger partial charge in [-0.1, -0.05) is 57.2 Å². The maximum Gasteiger partial charge on any atom is 0.0146 e. The van der Waals surface area contributed by atoms with E-state index in [0.29, 0.717) is 5.92 Å². The van der Waals surface area contributed by atoms with Gasteiger partial charge >= 0.3 is 0 Å². The van der Waals surface area contributed by atoms with Crippen LogP contribution in [0.5, 0.6) is 0 Å². The smallest absolute Gasteiger partial charge is 0.0146 e. The van der Waals surface area contributed by atoms with Gasteiger partial charge in [0, 0.05) is 11.3 Å². The molecule has 1 aromatic carbocycles. The van der Waals surface area contributed by atoms with Gasteiger partial charge in [0.15, 0.2) is 0 Å². The van der Waals surface area contributed by atoms with Crippen LogP contribution in [0.3, 0.4) is 0 Å². The summed E-state index contributed by atoms with van der Waals surface area (Å²) >= 11 is 0. The first-order valence-electron chi connectivity index (χ1n) is 7.82. The average molecular weight is 280 g/mol. The summed E-state index contributed by atoms with van der Waals surface area (Å²) in [5, 5.41) is 0. The Bertz CT molecular complexity index is 628. The number of benzene rings is 1. The maximum atomic E-state index is 4.24. The lowest BCUT2D eigenvalue weighted by Crippen LogP contribution is -2.23. The molecule has 0 amide bonds. The molecule has 21 heavy (non-hydrogen) atoms. The summed E-state index contributed by atoms with van der Waals surface area (Å²) in [4.78, 5) is 0. The zero-order valence-electron chi connectivity index (χ0n) is 14.6. The van der Waals surface area contributed by atoms with Gasteiger partial charge in [0.05, 0.1) is 0 Å². The van der Waals surface area contributed by atoms with E-state index in [-0.39, 0.29) is 5.41 Å². The third kappa shape index (κ3) is 2.77. The number of aryl methyl sites for hydroxylation is 2. The third-order valence-electron chi connectivity index (χ3n) is 5.33. The molecule has 0 saturated heterocycles. The van der Waals surface area contributed by atoms with Gasteiger partial charge in [-0.25, -0.2) is 0 Å². The second-order valence-electron chi connectivity index (χ2n) is 7.14. The van der Waals surface area contributed by atoms with Crippen LogP contribution in [-0.2, 0) is 5.41 Å². The molecular formula is C21H28. The molecule has 0 spiro atoms. The van der Waals surface area contributed by atoms with Crippen LogP contribution in [-0.4, -0.2) is 0 Å². The highest BCUT2D eigenvalue weighted by atomic mass is 14.3. The van der Waals surface area contributed by atoms with E-state index in [1.807, 2.05) is 0 Å². The fourth-order valence-corrected chi connectivity index (χ4v) is 2.95. The first-order valence-corrected chi connectivity index (χ1v) is 7.82. The second-order valence-corrected chi connectivity index (χ2v) is 7.14. The molecule has 0 saturated carbocycles. The molecule has 2 rings (SSSR count). The van der Waals surface area contributed by atoms with Crippen LogP contribution >= 0.6 is 0 Å². The van der Waals surface area contributed by atoms with Crippen LogP contribution in [0, 0.1) is 26.7 Å². The maximum absolute atomic E-state index is 4.24. The molecule has 1 aliphatic rings. The van der Waals surface area contributed by atoms with Crippen molar-refractivity contribution >= 4 is 0 Å². The molecule has 112 valence electrons. The minimum atomic E-state index is 0.00750. The lowest BCUT2D eigenvalue weighted by atomic mass is 9.72. The summed E-state index contributed by atoms with van der Waals surface area (Å²) in [7, 11) is 0. The van der Waals surface area contributed by atoms with E-state index in [1.54, 1.807) is 0 Å². The van der Waals surface area contributed by atoms with E-state index in [4.69, 9.17) is 0 Å². The molecule has 0 heterocycles. The van der Waals surface area contributed by atoms with Crippen LogP contribution in [0.15, 0.2) is 47.6 Å². The molecular weight excluding hydrogens is 252 g/mol. The van der Waals surface area contributed by atoms with Gasteiger partial charge in [0.1, 0.15) is 0 Å². The van der Waals surface area contributed by atoms with Gasteiger partial charge in [-0.2, -0.15) is 0 Å². The van der Waals surface area contributed by atoms with E-state index in [1.165, 1.54) is 39.0 Å². The molecule has 1 unspecified atom stereocenters. The van der Waals surface area contributed by atoms with Crippen molar-refractivity contribution in [1.29, 1.82) is 0 Å². The first kappa shape index (κ1) is 15.8. The van der Waals surface area contributed by atoms with Crippen molar-refractivity contribution in [1.82, 2.24) is 0 Å². The summed E-state index contributed by atoms with van der Waals surface area (Å²) in [5.74, 6) is 0.464. The number of allylic oxidation sites excluding steroid dienone is 5. The lowest BCUT2D eigenvalue weighted by Gasteiger charge is -2.32. The van der Waals surface area contributed by atoms with Crippen molar-refractivity contribution in [2.24, 2.45) is 5.92 Å². The SMILES string of the molecule is C=C1C=C(C(C)(C)c2cc(C)c(C)c(C)c2)C=C(C)C1C. The van der Waals surface area contributed by atoms with E-state index in [0.717, 1.165) is 0 Å². The monoisotopic (exact) mass is 280 g/mol. The minimum Gasteiger partial charge on any atom is -0.0952 e. The van der Waals surface area contributed by atoms with Gasteiger partial charge in [-0.05, 0) is 61.1 Å². The van der Waals surface area contributed by atoms with Crippen LogP contribution in [0.2, 0.25) is 0 Å². The Morgan fingerprint density at radius 3 is 1.95 bits per heavy atom. The number of hydrogen-bond acceptors (Lipinski definition) is 0. The fraction of sp³-hybridized carbons (Fsp3) is 0.429. The van der Waals surface area contributed by atoms with E-state index < -0.39 is 0 Å². The Kier molecular flexibility index (Phi) is 4.02. The normalized spacial score (nSPS) is 19.4. The number of rotatable bonds is 2. The molecule has 0 fully saturated rings. The highest BCUT2D eigenvalue weighted by Gasteiger charge is 2.28. The summed E-state index contributed by atoms with van der Waals surface area (Å²) < 4.78 is 0. The Labute approximate surface area is 130 Å². The molecule has 1 aromatic rings. The Hall–Kier alpha value is -1.56. The van der Waals surface area contributed by atoms with Crippen molar-refractivity contribution < 1.29 is 0 Å². The van der Waals surface area contributed by atoms with Crippen molar-refractivity contribution in [3.63, 3.8) is 0 Å². The van der Waals surface area contributed by atoms with E-state index >= 15 is 0 Å². The molecule has 0 N–H and O–H groups in total. The topological polar surface area (TPSA) is 0 Å². The Morgan fingerprint density at radius 2 is 1.48 bits per heavy atom. The fourth-order valence-electron chi connectivity index (χ4n) is 2.95. The molecule has 0 radical (unpaired) electrons. The molecule has 0 nitrogen and oxygen atoms in total. The van der Waals surface area contributed by atoms with Crippen LogP contribution in [0.1, 0.15) is 49.9 Å². The van der Waals surface area contributed by atoms with Gasteiger partial charge in [-0.15, -0.1) is 0 Å². The molecule has 0 aliphatic heterocycles. The number of hydrogen-bond donors (Lipinski definition) is 0. The van der Waals surface area contributed by atoms with Crippen LogP contribution < -0.4 is 0 Å². The summed E-state index contributed by atoms with van der Waals surface area (Å²) in [6.45, 7) is 19.9. The van der Waals surface area contributed by atoms with Crippen LogP contribution in [0.4, 0.5) is 0 Å². The molecule has 1 aliphatic carbocycles. The lowest BCUT2D eigenvalue weighted by molar-refractivity contribution is 0.626. The highest BCUT2D eigenvalue weighted by molar-refractivity contribution is 5.51. The summed E-state index contributed by atoms with van der Waals surface area (Å²) in [6.07, 6.45) is 4.63. The van der Waals surface area contributed by atoms with Crippen molar-refractivity contribution in [2.75, 3.05) is 0 Å². The summed E-state index contributed by atoms with van der Waals surface area (Å²) in [5.41, 5.74) is 9.55. The largest absolute Gasteiger partial charge is 0.0952 e. The quantitative estimate of drug-likeness (QED) is 0.626. The Morgan fingerprint density at radius 1 is 0.952 bits per heavy atom.